The van der Waals surface area contributed by atoms with Crippen molar-refractivity contribution in [2.75, 3.05) is 0 Å². The first-order valence-electron chi connectivity index (χ1n) is 6.09. The molecule has 0 aliphatic rings. The second-order valence-corrected chi connectivity index (χ2v) is 4.37. The predicted molar refractivity (Wildman–Crippen MR) is 71.4 cm³/mol. The van der Waals surface area contributed by atoms with Crippen LogP contribution in [0.4, 0.5) is 8.78 Å². The van der Waals surface area contributed by atoms with Gasteiger partial charge in [-0.05, 0) is 31.2 Å². The lowest BCUT2D eigenvalue weighted by Crippen LogP contribution is -2.01. The van der Waals surface area contributed by atoms with E-state index in [1.807, 2.05) is 30.3 Å². The second-order valence-electron chi connectivity index (χ2n) is 4.37. The minimum atomic E-state index is -0.658. The molecular formula is C15H11F2N3. The Labute approximate surface area is 114 Å². The molecule has 0 fully saturated rings. The summed E-state index contributed by atoms with van der Waals surface area (Å²) >= 11 is 0. The Hall–Kier alpha value is -2.56. The zero-order valence-electron chi connectivity index (χ0n) is 10.7. The van der Waals surface area contributed by atoms with Gasteiger partial charge in [0.1, 0.15) is 17.5 Å². The van der Waals surface area contributed by atoms with Crippen molar-refractivity contribution in [3.8, 4) is 17.1 Å². The lowest BCUT2D eigenvalue weighted by Gasteiger charge is -2.09. The van der Waals surface area contributed by atoms with E-state index in [2.05, 4.69) is 10.2 Å². The summed E-state index contributed by atoms with van der Waals surface area (Å²) < 4.78 is 28.7. The van der Waals surface area contributed by atoms with Crippen LogP contribution in [0.2, 0.25) is 0 Å². The minimum absolute atomic E-state index is 0.218. The number of aryl methyl sites for hydroxylation is 1. The molecular weight excluding hydrogens is 260 g/mol. The smallest absolute Gasteiger partial charge is 0.171 e. The molecule has 3 aromatic rings. The van der Waals surface area contributed by atoms with Crippen molar-refractivity contribution in [3.05, 3.63) is 66.0 Å². The van der Waals surface area contributed by atoms with Gasteiger partial charge in [-0.25, -0.2) is 8.78 Å². The minimum Gasteiger partial charge on any atom is -0.279 e. The van der Waals surface area contributed by atoms with Gasteiger partial charge >= 0.3 is 0 Å². The Balaban J connectivity index is 2.21. The van der Waals surface area contributed by atoms with Crippen molar-refractivity contribution in [1.82, 2.24) is 14.8 Å². The van der Waals surface area contributed by atoms with Crippen LogP contribution >= 0.6 is 0 Å². The molecule has 0 radical (unpaired) electrons. The first kappa shape index (κ1) is 12.5. The van der Waals surface area contributed by atoms with Gasteiger partial charge in [0.25, 0.3) is 0 Å². The standard InChI is InChI=1S/C15H11F2N3/c1-10-18-19-15(13-8-7-11(16)9-14(13)17)20(10)12-5-3-2-4-6-12/h2-9H,1H3. The molecule has 0 saturated heterocycles. The highest BCUT2D eigenvalue weighted by molar-refractivity contribution is 5.59. The van der Waals surface area contributed by atoms with E-state index in [0.717, 1.165) is 11.8 Å². The summed E-state index contributed by atoms with van der Waals surface area (Å²) in [6.07, 6.45) is 0. The maximum absolute atomic E-state index is 13.9. The van der Waals surface area contributed by atoms with Crippen molar-refractivity contribution < 1.29 is 8.78 Å². The summed E-state index contributed by atoms with van der Waals surface area (Å²) in [7, 11) is 0. The largest absolute Gasteiger partial charge is 0.279 e. The number of nitrogens with zero attached hydrogens (tertiary/aromatic N) is 3. The number of hydrogen-bond acceptors (Lipinski definition) is 2. The quantitative estimate of drug-likeness (QED) is 0.714. The normalized spacial score (nSPS) is 10.8. The van der Waals surface area contributed by atoms with Crippen molar-refractivity contribution in [2.45, 2.75) is 6.92 Å². The molecule has 1 heterocycles. The Morgan fingerprint density at radius 1 is 0.950 bits per heavy atom. The molecule has 0 bridgehead atoms. The summed E-state index contributed by atoms with van der Waals surface area (Å²) in [5.41, 5.74) is 1.05. The van der Waals surface area contributed by atoms with Crippen molar-refractivity contribution in [1.29, 1.82) is 0 Å². The summed E-state index contributed by atoms with van der Waals surface area (Å²) in [5, 5.41) is 7.99. The second kappa shape index (κ2) is 4.85. The average molecular weight is 271 g/mol. The van der Waals surface area contributed by atoms with Crippen LogP contribution in [-0.2, 0) is 0 Å². The van der Waals surface area contributed by atoms with Gasteiger partial charge in [0, 0.05) is 11.8 Å². The highest BCUT2D eigenvalue weighted by Gasteiger charge is 2.16. The molecule has 2 aromatic carbocycles. The molecule has 3 nitrogen and oxygen atoms in total. The third-order valence-electron chi connectivity index (χ3n) is 3.01. The highest BCUT2D eigenvalue weighted by Crippen LogP contribution is 2.25. The molecule has 20 heavy (non-hydrogen) atoms. The van der Waals surface area contributed by atoms with Crippen LogP contribution < -0.4 is 0 Å². The zero-order chi connectivity index (χ0) is 14.1. The van der Waals surface area contributed by atoms with Crippen LogP contribution in [0.5, 0.6) is 0 Å². The lowest BCUT2D eigenvalue weighted by molar-refractivity contribution is 0.584. The molecule has 5 heteroatoms. The monoisotopic (exact) mass is 271 g/mol. The maximum atomic E-state index is 13.9. The van der Waals surface area contributed by atoms with Gasteiger partial charge in [0.2, 0.25) is 0 Å². The van der Waals surface area contributed by atoms with Crippen LogP contribution in [0.15, 0.2) is 48.5 Å². The Morgan fingerprint density at radius 3 is 2.40 bits per heavy atom. The fourth-order valence-electron chi connectivity index (χ4n) is 2.09. The molecule has 0 aliphatic heterocycles. The summed E-state index contributed by atoms with van der Waals surface area (Å²) in [6.45, 7) is 1.78. The molecule has 0 atom stereocenters. The fraction of sp³-hybridized carbons (Fsp3) is 0.0667. The number of halogens is 2. The van der Waals surface area contributed by atoms with Crippen LogP contribution in [0.3, 0.4) is 0 Å². The molecule has 0 unspecified atom stereocenters. The van der Waals surface area contributed by atoms with Crippen molar-refractivity contribution in [3.63, 3.8) is 0 Å². The highest BCUT2D eigenvalue weighted by atomic mass is 19.1. The van der Waals surface area contributed by atoms with E-state index in [9.17, 15) is 8.78 Å². The van der Waals surface area contributed by atoms with Gasteiger partial charge in [-0.1, -0.05) is 18.2 Å². The average Bonchev–Trinajstić information content (AvgIpc) is 2.81. The molecule has 0 spiro atoms. The van der Waals surface area contributed by atoms with Crippen LogP contribution in [0.1, 0.15) is 5.82 Å². The Kier molecular flexibility index (Phi) is 3.02. The Bertz CT molecular complexity index is 751. The summed E-state index contributed by atoms with van der Waals surface area (Å²) in [5.74, 6) is -0.288. The number of hydrogen-bond donors (Lipinski definition) is 0. The van der Waals surface area contributed by atoms with Gasteiger partial charge in [-0.2, -0.15) is 0 Å². The first-order valence-corrected chi connectivity index (χ1v) is 6.09. The van der Waals surface area contributed by atoms with Crippen LogP contribution in [0, 0.1) is 18.6 Å². The van der Waals surface area contributed by atoms with Crippen molar-refractivity contribution in [2.24, 2.45) is 0 Å². The van der Waals surface area contributed by atoms with E-state index in [4.69, 9.17) is 0 Å². The van der Waals surface area contributed by atoms with E-state index in [-0.39, 0.29) is 5.56 Å². The van der Waals surface area contributed by atoms with E-state index < -0.39 is 11.6 Å². The van der Waals surface area contributed by atoms with Crippen LogP contribution in [0.25, 0.3) is 17.1 Å². The van der Waals surface area contributed by atoms with E-state index in [1.54, 1.807) is 11.5 Å². The summed E-state index contributed by atoms with van der Waals surface area (Å²) in [6, 6.07) is 12.8. The van der Waals surface area contributed by atoms with E-state index in [0.29, 0.717) is 11.6 Å². The van der Waals surface area contributed by atoms with Gasteiger partial charge in [-0.15, -0.1) is 10.2 Å². The lowest BCUT2D eigenvalue weighted by atomic mass is 10.2. The SMILES string of the molecule is Cc1nnc(-c2ccc(F)cc2F)n1-c1ccccc1. The molecule has 0 N–H and O–H groups in total. The van der Waals surface area contributed by atoms with Gasteiger partial charge in [0.15, 0.2) is 5.82 Å². The molecule has 100 valence electrons. The van der Waals surface area contributed by atoms with E-state index >= 15 is 0 Å². The molecule has 0 amide bonds. The third kappa shape index (κ3) is 2.07. The first-order chi connectivity index (χ1) is 9.66. The maximum Gasteiger partial charge on any atom is 0.171 e. The Morgan fingerprint density at radius 2 is 1.70 bits per heavy atom. The van der Waals surface area contributed by atoms with E-state index in [1.165, 1.54) is 12.1 Å². The van der Waals surface area contributed by atoms with Gasteiger partial charge in [-0.3, -0.25) is 4.57 Å². The number of para-hydroxylation sites is 1. The molecule has 0 aliphatic carbocycles. The topological polar surface area (TPSA) is 30.7 Å². The van der Waals surface area contributed by atoms with Crippen molar-refractivity contribution >= 4 is 0 Å². The fourth-order valence-corrected chi connectivity index (χ4v) is 2.09. The third-order valence-corrected chi connectivity index (χ3v) is 3.01. The molecule has 0 saturated carbocycles. The number of benzene rings is 2. The number of aromatic nitrogens is 3. The van der Waals surface area contributed by atoms with Crippen LogP contribution in [-0.4, -0.2) is 14.8 Å². The predicted octanol–water partition coefficient (Wildman–Crippen LogP) is 3.52. The number of rotatable bonds is 2. The summed E-state index contributed by atoms with van der Waals surface area (Å²) in [4.78, 5) is 0. The molecule has 3 rings (SSSR count). The van der Waals surface area contributed by atoms with Gasteiger partial charge < -0.3 is 0 Å². The van der Waals surface area contributed by atoms with Gasteiger partial charge in [0.05, 0.1) is 5.56 Å². The molecule has 1 aromatic heterocycles. The zero-order valence-corrected chi connectivity index (χ0v) is 10.7.